The summed E-state index contributed by atoms with van der Waals surface area (Å²) in [5.74, 6) is -0.918. The molecule has 0 amide bonds. The number of fused-ring (bicyclic) bond motifs is 3. The van der Waals surface area contributed by atoms with Crippen LogP contribution < -0.4 is 9.75 Å². The van der Waals surface area contributed by atoms with Crippen molar-refractivity contribution in [2.75, 3.05) is 0 Å². The molecule has 0 N–H and O–H groups in total. The topological polar surface area (TPSA) is 25.2 Å². The standard InChI is InChI=1S/C14H14N.C13H11S.C5H7N.Ir/c1-11(2)13-8-9-14(15-10-13)12-6-4-3-5-7-12;1-9-6-7-11-10-4-2-3-5-12(10)14-13(11)8-9;1-2-4-6-5-3-1;/h3-6,8-11H,1-2H3;3-8H,2H2,1H3;2,4-5H,1,3H2;/q2*-1;;/i8D,9D,11D;;1D,2D,3D,4D;. The largest absolute Gasteiger partial charge is 0.304 e. The van der Waals surface area contributed by atoms with Gasteiger partial charge in [-0.25, -0.2) is 23.8 Å². The average molecular weight is 676 g/mol. The van der Waals surface area contributed by atoms with E-state index in [0.29, 0.717) is 16.8 Å². The van der Waals surface area contributed by atoms with Gasteiger partial charge in [0, 0.05) is 47.5 Å². The second-order valence-corrected chi connectivity index (χ2v) is 9.25. The van der Waals surface area contributed by atoms with Gasteiger partial charge in [0.2, 0.25) is 0 Å². The minimum Gasteiger partial charge on any atom is -0.304 e. The summed E-state index contributed by atoms with van der Waals surface area (Å²) >= 11 is 1.90. The second kappa shape index (κ2) is 14.1. The molecular formula is C32H32IrN2S-2. The Morgan fingerprint density at radius 2 is 2.08 bits per heavy atom. The fourth-order valence-corrected chi connectivity index (χ4v) is 4.67. The van der Waals surface area contributed by atoms with Crippen LogP contribution in [-0.4, -0.2) is 11.2 Å². The van der Waals surface area contributed by atoms with Gasteiger partial charge in [0.25, 0.3) is 0 Å². The molecule has 6 rings (SSSR count). The Balaban J connectivity index is 0.000000182. The Labute approximate surface area is 242 Å². The van der Waals surface area contributed by atoms with Crippen LogP contribution in [-0.2, 0) is 20.1 Å². The summed E-state index contributed by atoms with van der Waals surface area (Å²) < 4.78 is 55.1. The van der Waals surface area contributed by atoms with E-state index in [0.717, 1.165) is 6.42 Å². The third-order valence-corrected chi connectivity index (χ3v) is 6.38. The Bertz CT molecular complexity index is 1760. The maximum absolute atomic E-state index is 8.00. The van der Waals surface area contributed by atoms with E-state index in [2.05, 4.69) is 59.7 Å². The molecule has 0 saturated heterocycles. The van der Waals surface area contributed by atoms with Gasteiger partial charge < -0.3 is 4.98 Å². The summed E-state index contributed by atoms with van der Waals surface area (Å²) in [5, 5.41) is 2.85. The molecule has 1 aliphatic carbocycles. The maximum Gasteiger partial charge on any atom is 0.0836 e. The molecule has 4 aromatic rings. The molecule has 0 spiro atoms. The molecule has 0 fully saturated rings. The number of aliphatic imine (C=N–C) groups is 1. The number of nitrogens with zero attached hydrogens (tertiary/aromatic N) is 2. The molecule has 0 bridgehead atoms. The van der Waals surface area contributed by atoms with E-state index >= 15 is 0 Å². The summed E-state index contributed by atoms with van der Waals surface area (Å²) in [7, 11) is 0. The van der Waals surface area contributed by atoms with Crippen LogP contribution in [0.2, 0.25) is 0 Å². The van der Waals surface area contributed by atoms with E-state index in [-0.39, 0.29) is 44.4 Å². The maximum atomic E-state index is 8.00. The molecule has 2 aromatic carbocycles. The van der Waals surface area contributed by atoms with Crippen molar-refractivity contribution in [1.29, 1.82) is 0 Å². The predicted molar refractivity (Wildman–Crippen MR) is 153 cm³/mol. The fraction of sp³-hybridized carbons (Fsp3) is 0.219. The summed E-state index contributed by atoms with van der Waals surface area (Å²) in [4.78, 5) is 7.69. The van der Waals surface area contributed by atoms with Crippen molar-refractivity contribution in [3.63, 3.8) is 0 Å². The molecule has 36 heavy (non-hydrogen) atoms. The van der Waals surface area contributed by atoms with Gasteiger partial charge in [0.1, 0.15) is 0 Å². The molecule has 4 heteroatoms. The van der Waals surface area contributed by atoms with Crippen LogP contribution in [0.5, 0.6) is 0 Å². The van der Waals surface area contributed by atoms with E-state index in [1.54, 1.807) is 19.9 Å². The number of aryl methyl sites for hydroxylation is 1. The smallest absolute Gasteiger partial charge is 0.0836 e. The molecule has 1 aliphatic heterocycles. The zero-order valence-electron chi connectivity index (χ0n) is 27.4. The summed E-state index contributed by atoms with van der Waals surface area (Å²) in [5.41, 5.74) is 2.95. The molecule has 2 atom stereocenters. The number of rotatable bonds is 2. The van der Waals surface area contributed by atoms with E-state index in [4.69, 9.17) is 9.60 Å². The second-order valence-electron chi connectivity index (χ2n) is 8.16. The number of hydrogen-bond acceptors (Lipinski definition) is 3. The fourth-order valence-electron chi connectivity index (χ4n) is 3.44. The van der Waals surface area contributed by atoms with Gasteiger partial charge in [0.05, 0.1) is 5.48 Å². The molecule has 2 aromatic heterocycles. The monoisotopic (exact) mass is 676 g/mol. The molecule has 2 nitrogen and oxygen atoms in total. The van der Waals surface area contributed by atoms with Crippen LogP contribution in [0.15, 0.2) is 78.0 Å². The number of aromatic nitrogens is 1. The van der Waals surface area contributed by atoms with Gasteiger partial charge in [-0.1, -0.05) is 55.8 Å². The van der Waals surface area contributed by atoms with E-state index < -0.39 is 18.7 Å². The van der Waals surface area contributed by atoms with Gasteiger partial charge in [-0.05, 0) is 53.9 Å². The first-order chi connectivity index (χ1) is 19.9. The Kier molecular flexibility index (Phi) is 7.57. The average Bonchev–Trinajstić information content (AvgIpc) is 3.33. The summed E-state index contributed by atoms with van der Waals surface area (Å²) in [6.07, 6.45) is 8.72. The summed E-state index contributed by atoms with van der Waals surface area (Å²) in [6, 6.07) is 16.9. The Morgan fingerprint density at radius 1 is 1.19 bits per heavy atom. The van der Waals surface area contributed by atoms with Crippen molar-refractivity contribution in [2.45, 2.75) is 45.9 Å². The third-order valence-electron chi connectivity index (χ3n) is 5.25. The van der Waals surface area contributed by atoms with Crippen LogP contribution >= 0.6 is 11.3 Å². The third kappa shape index (κ3) is 7.61. The molecule has 2 aliphatic rings. The molecular weight excluding hydrogens is 637 g/mol. The van der Waals surface area contributed by atoms with E-state index in [1.165, 1.54) is 37.8 Å². The zero-order valence-corrected chi connectivity index (χ0v) is 23.6. The van der Waals surface area contributed by atoms with Gasteiger partial charge in [-0.3, -0.25) is 4.99 Å². The molecule has 187 valence electrons. The molecule has 3 heterocycles. The van der Waals surface area contributed by atoms with Crippen molar-refractivity contribution < 1.29 is 29.7 Å². The van der Waals surface area contributed by atoms with Crippen LogP contribution in [0.3, 0.4) is 0 Å². The summed E-state index contributed by atoms with van der Waals surface area (Å²) in [6.45, 7) is 5.53. The first kappa shape index (κ1) is 19.3. The van der Waals surface area contributed by atoms with Gasteiger partial charge >= 0.3 is 0 Å². The SMILES string of the molecule is Cc1ccc2c3c(sc2c1)=C[CH-]CC=3.[2H]C1=C([2H])C([2H])C([2H])C=N1.[2H]c1c(C([2H])(C)C)cnc(-c2[c-]cccc2)c1[2H].[Ir]. The van der Waals surface area contributed by atoms with Crippen molar-refractivity contribution in [3.8, 4) is 11.3 Å². The van der Waals surface area contributed by atoms with Gasteiger partial charge in [-0.2, -0.15) is 0 Å². The molecule has 2 unspecified atom stereocenters. The minimum atomic E-state index is -0.926. The van der Waals surface area contributed by atoms with Crippen molar-refractivity contribution >= 4 is 39.8 Å². The number of hydrogen-bond donors (Lipinski definition) is 0. The van der Waals surface area contributed by atoms with Crippen LogP contribution in [0.1, 0.15) is 59.7 Å². The number of benzene rings is 2. The van der Waals surface area contributed by atoms with Crippen molar-refractivity contribution in [2.24, 2.45) is 4.99 Å². The predicted octanol–water partition coefficient (Wildman–Crippen LogP) is 7.41. The normalized spacial score (nSPS) is 20.7. The number of pyridine rings is 1. The van der Waals surface area contributed by atoms with Crippen molar-refractivity contribution in [1.82, 2.24) is 4.98 Å². The first-order valence-corrected chi connectivity index (χ1v) is 12.2. The van der Waals surface area contributed by atoms with E-state index in [1.807, 2.05) is 29.5 Å². The van der Waals surface area contributed by atoms with Crippen molar-refractivity contribution in [3.05, 3.63) is 106 Å². The quantitative estimate of drug-likeness (QED) is 0.203. The first-order valence-electron chi connectivity index (χ1n) is 15.1. The van der Waals surface area contributed by atoms with Crippen LogP contribution in [0.25, 0.3) is 33.5 Å². The Hall–Kier alpha value is -2.78. The molecule has 1 radical (unpaired) electrons. The number of thiophene rings is 1. The van der Waals surface area contributed by atoms with Gasteiger partial charge in [-0.15, -0.1) is 46.5 Å². The molecule has 0 saturated carbocycles. The minimum absolute atomic E-state index is 0. The zero-order chi connectivity index (χ0) is 30.6. The van der Waals surface area contributed by atoms with Gasteiger partial charge in [0.15, 0.2) is 0 Å². The van der Waals surface area contributed by atoms with E-state index in [9.17, 15) is 0 Å². The number of allylic oxidation sites excluding steroid dienone is 1. The van der Waals surface area contributed by atoms with Crippen LogP contribution in [0, 0.1) is 19.4 Å². The van der Waals surface area contributed by atoms with Crippen LogP contribution in [0.4, 0.5) is 0 Å². The Morgan fingerprint density at radius 3 is 2.86 bits per heavy atom.